The Balaban J connectivity index is 2.24. The molecule has 1 fully saturated rings. The van der Waals surface area contributed by atoms with Crippen molar-refractivity contribution in [1.82, 2.24) is 0 Å². The van der Waals surface area contributed by atoms with Crippen LogP contribution in [0.2, 0.25) is 5.02 Å². The van der Waals surface area contributed by atoms with E-state index >= 15 is 0 Å². The second-order valence-corrected chi connectivity index (χ2v) is 4.66. The molecule has 2 N–H and O–H groups in total. The highest BCUT2D eigenvalue weighted by Crippen LogP contribution is 2.36. The Morgan fingerprint density at radius 1 is 1.50 bits per heavy atom. The smallest absolute Gasteiger partial charge is 0.101 e. The standard InChI is InChI=1S/C12H13ClN2O/c13-10-2-3-11(9(6-10)7-14)15-12(8-16)4-1-5-12/h2-3,6,15-16H,1,4-5,8H2. The number of hydrogen-bond donors (Lipinski definition) is 2. The van der Waals surface area contributed by atoms with E-state index in [1.54, 1.807) is 18.2 Å². The van der Waals surface area contributed by atoms with E-state index in [1.165, 1.54) is 0 Å². The first-order chi connectivity index (χ1) is 7.69. The van der Waals surface area contributed by atoms with Gasteiger partial charge in [0.2, 0.25) is 0 Å². The van der Waals surface area contributed by atoms with Crippen molar-refractivity contribution in [3.8, 4) is 6.07 Å². The van der Waals surface area contributed by atoms with Gasteiger partial charge < -0.3 is 10.4 Å². The molecule has 0 spiro atoms. The van der Waals surface area contributed by atoms with E-state index in [2.05, 4.69) is 11.4 Å². The van der Waals surface area contributed by atoms with Crippen molar-refractivity contribution in [2.75, 3.05) is 11.9 Å². The van der Waals surface area contributed by atoms with E-state index in [9.17, 15) is 5.11 Å². The van der Waals surface area contributed by atoms with Crippen molar-refractivity contribution in [3.05, 3.63) is 28.8 Å². The SMILES string of the molecule is N#Cc1cc(Cl)ccc1NC1(CO)CCC1. The van der Waals surface area contributed by atoms with E-state index in [0.29, 0.717) is 10.6 Å². The van der Waals surface area contributed by atoms with Gasteiger partial charge in [-0.05, 0) is 37.5 Å². The zero-order valence-electron chi connectivity index (χ0n) is 8.83. The summed E-state index contributed by atoms with van der Waals surface area (Å²) in [7, 11) is 0. The third-order valence-electron chi connectivity index (χ3n) is 3.12. The van der Waals surface area contributed by atoms with Gasteiger partial charge in [-0.3, -0.25) is 0 Å². The maximum Gasteiger partial charge on any atom is 0.101 e. The lowest BCUT2D eigenvalue weighted by molar-refractivity contribution is 0.144. The molecule has 16 heavy (non-hydrogen) atoms. The van der Waals surface area contributed by atoms with Gasteiger partial charge in [0.05, 0.1) is 23.4 Å². The van der Waals surface area contributed by atoms with Crippen LogP contribution in [0.1, 0.15) is 24.8 Å². The Bertz CT molecular complexity index is 430. The Kier molecular flexibility index (Phi) is 3.04. The summed E-state index contributed by atoms with van der Waals surface area (Å²) in [5, 5.41) is 22.1. The average molecular weight is 237 g/mol. The Labute approximate surface area is 99.7 Å². The summed E-state index contributed by atoms with van der Waals surface area (Å²) in [6.07, 6.45) is 3.00. The molecule has 1 saturated carbocycles. The molecule has 0 saturated heterocycles. The zero-order chi connectivity index (χ0) is 11.6. The molecule has 0 bridgehead atoms. The van der Waals surface area contributed by atoms with Crippen LogP contribution < -0.4 is 5.32 Å². The number of hydrogen-bond acceptors (Lipinski definition) is 3. The van der Waals surface area contributed by atoms with Crippen LogP contribution in [0.5, 0.6) is 0 Å². The van der Waals surface area contributed by atoms with Crippen molar-refractivity contribution in [2.24, 2.45) is 0 Å². The van der Waals surface area contributed by atoms with Crippen LogP contribution in [0.4, 0.5) is 5.69 Å². The molecule has 1 aromatic carbocycles. The molecule has 0 radical (unpaired) electrons. The maximum atomic E-state index is 9.34. The van der Waals surface area contributed by atoms with E-state index in [1.807, 2.05) is 0 Å². The number of aliphatic hydroxyl groups excluding tert-OH is 1. The topological polar surface area (TPSA) is 56.0 Å². The molecule has 1 aliphatic rings. The van der Waals surface area contributed by atoms with Gasteiger partial charge in [0.25, 0.3) is 0 Å². The molecule has 0 unspecified atom stereocenters. The van der Waals surface area contributed by atoms with Crippen molar-refractivity contribution in [3.63, 3.8) is 0 Å². The fourth-order valence-electron chi connectivity index (χ4n) is 1.93. The minimum absolute atomic E-state index is 0.0977. The Morgan fingerprint density at radius 2 is 2.25 bits per heavy atom. The summed E-state index contributed by atoms with van der Waals surface area (Å²) in [5.41, 5.74) is 1.03. The third-order valence-corrected chi connectivity index (χ3v) is 3.35. The largest absolute Gasteiger partial charge is 0.394 e. The Morgan fingerprint density at radius 3 is 2.75 bits per heavy atom. The predicted molar refractivity (Wildman–Crippen MR) is 63.5 cm³/mol. The number of aliphatic hydroxyl groups is 1. The highest BCUT2D eigenvalue weighted by atomic mass is 35.5. The maximum absolute atomic E-state index is 9.34. The molecule has 0 heterocycles. The van der Waals surface area contributed by atoms with Crippen molar-refractivity contribution in [1.29, 1.82) is 5.26 Å². The van der Waals surface area contributed by atoms with Crippen molar-refractivity contribution >= 4 is 17.3 Å². The van der Waals surface area contributed by atoms with E-state index in [4.69, 9.17) is 16.9 Å². The van der Waals surface area contributed by atoms with Crippen LogP contribution >= 0.6 is 11.6 Å². The molecule has 0 atom stereocenters. The van der Waals surface area contributed by atoms with Gasteiger partial charge in [0.15, 0.2) is 0 Å². The number of anilines is 1. The molecule has 3 nitrogen and oxygen atoms in total. The summed E-state index contributed by atoms with van der Waals surface area (Å²) in [4.78, 5) is 0. The van der Waals surface area contributed by atoms with Crippen LogP contribution in [-0.4, -0.2) is 17.3 Å². The first-order valence-corrected chi connectivity index (χ1v) is 5.66. The molecular weight excluding hydrogens is 224 g/mol. The molecule has 0 aromatic heterocycles. The first kappa shape index (κ1) is 11.3. The summed E-state index contributed by atoms with van der Waals surface area (Å²) in [5.74, 6) is 0. The molecule has 0 amide bonds. The zero-order valence-corrected chi connectivity index (χ0v) is 9.59. The number of nitrogens with one attached hydrogen (secondary N) is 1. The van der Waals surface area contributed by atoms with Crippen LogP contribution in [0.3, 0.4) is 0 Å². The van der Waals surface area contributed by atoms with Gasteiger partial charge in [-0.15, -0.1) is 0 Å². The lowest BCUT2D eigenvalue weighted by Crippen LogP contribution is -2.48. The minimum atomic E-state index is -0.237. The summed E-state index contributed by atoms with van der Waals surface area (Å²) < 4.78 is 0. The first-order valence-electron chi connectivity index (χ1n) is 5.28. The number of rotatable bonds is 3. The Hall–Kier alpha value is -1.24. The average Bonchev–Trinajstić information content (AvgIpc) is 2.25. The molecule has 2 rings (SSSR count). The molecule has 4 heteroatoms. The van der Waals surface area contributed by atoms with Crippen molar-refractivity contribution < 1.29 is 5.11 Å². The van der Waals surface area contributed by atoms with Gasteiger partial charge >= 0.3 is 0 Å². The second kappa shape index (κ2) is 4.32. The molecule has 84 valence electrons. The van der Waals surface area contributed by atoms with E-state index < -0.39 is 0 Å². The number of nitrogens with zero attached hydrogens (tertiary/aromatic N) is 1. The molecular formula is C12H13ClN2O. The van der Waals surface area contributed by atoms with Gasteiger partial charge in [-0.2, -0.15) is 5.26 Å². The highest BCUT2D eigenvalue weighted by Gasteiger charge is 2.36. The lowest BCUT2D eigenvalue weighted by atomic mass is 9.77. The number of benzene rings is 1. The predicted octanol–water partition coefficient (Wildman–Crippen LogP) is 2.54. The van der Waals surface area contributed by atoms with Crippen LogP contribution in [0.15, 0.2) is 18.2 Å². The van der Waals surface area contributed by atoms with Crippen LogP contribution in [-0.2, 0) is 0 Å². The summed E-state index contributed by atoms with van der Waals surface area (Å²) in [6.45, 7) is 0.0977. The van der Waals surface area contributed by atoms with E-state index in [0.717, 1.165) is 24.9 Å². The number of halogens is 1. The third kappa shape index (κ3) is 1.99. The fourth-order valence-corrected chi connectivity index (χ4v) is 2.10. The summed E-state index contributed by atoms with van der Waals surface area (Å²) in [6, 6.07) is 7.27. The normalized spacial score (nSPS) is 17.3. The van der Waals surface area contributed by atoms with Gasteiger partial charge in [0.1, 0.15) is 6.07 Å². The highest BCUT2D eigenvalue weighted by molar-refractivity contribution is 6.30. The number of nitriles is 1. The minimum Gasteiger partial charge on any atom is -0.394 e. The van der Waals surface area contributed by atoms with Gasteiger partial charge in [0, 0.05) is 5.02 Å². The van der Waals surface area contributed by atoms with Crippen LogP contribution in [0.25, 0.3) is 0 Å². The monoisotopic (exact) mass is 236 g/mol. The second-order valence-electron chi connectivity index (χ2n) is 4.22. The molecule has 1 aliphatic carbocycles. The fraction of sp³-hybridized carbons (Fsp3) is 0.417. The quantitative estimate of drug-likeness (QED) is 0.848. The van der Waals surface area contributed by atoms with Crippen LogP contribution in [0, 0.1) is 11.3 Å². The molecule has 0 aliphatic heterocycles. The van der Waals surface area contributed by atoms with E-state index in [-0.39, 0.29) is 12.1 Å². The van der Waals surface area contributed by atoms with Crippen molar-refractivity contribution in [2.45, 2.75) is 24.8 Å². The van der Waals surface area contributed by atoms with Gasteiger partial charge in [-0.25, -0.2) is 0 Å². The molecule has 1 aromatic rings. The summed E-state index contributed by atoms with van der Waals surface area (Å²) >= 11 is 5.82. The van der Waals surface area contributed by atoms with Gasteiger partial charge in [-0.1, -0.05) is 11.6 Å². The lowest BCUT2D eigenvalue weighted by Gasteiger charge is -2.42.